The number of benzene rings is 3. The summed E-state index contributed by atoms with van der Waals surface area (Å²) >= 11 is 18.0. The molecule has 7 heteroatoms. The summed E-state index contributed by atoms with van der Waals surface area (Å²) in [6, 6.07) is 17.8. The van der Waals surface area contributed by atoms with E-state index < -0.39 is 0 Å². The number of para-hydroxylation sites is 1. The zero-order valence-electron chi connectivity index (χ0n) is 16.5. The molecule has 1 aromatic heterocycles. The number of rotatable bonds is 6. The van der Waals surface area contributed by atoms with Crippen molar-refractivity contribution in [1.82, 2.24) is 9.97 Å². The van der Waals surface area contributed by atoms with Gasteiger partial charge in [0.2, 0.25) is 5.88 Å². The number of ether oxygens (including phenoxy) is 1. The molecule has 0 aliphatic carbocycles. The summed E-state index contributed by atoms with van der Waals surface area (Å²) in [6.45, 7) is 0. The van der Waals surface area contributed by atoms with Gasteiger partial charge in [-0.2, -0.15) is 0 Å². The second kappa shape index (κ2) is 9.96. The van der Waals surface area contributed by atoms with E-state index >= 15 is 0 Å². The first-order valence-electron chi connectivity index (χ1n) is 9.52. The Morgan fingerprint density at radius 2 is 1.66 bits per heavy atom. The molecule has 0 fully saturated rings. The van der Waals surface area contributed by atoms with Crippen LogP contribution in [0.5, 0.6) is 11.6 Å². The Bertz CT molecular complexity index is 1370. The van der Waals surface area contributed by atoms with Crippen LogP contribution in [0.2, 0.25) is 15.1 Å². The summed E-state index contributed by atoms with van der Waals surface area (Å²) in [5.41, 5.74) is 2.21. The highest BCUT2D eigenvalue weighted by Crippen LogP contribution is 2.31. The molecule has 0 radical (unpaired) electrons. The summed E-state index contributed by atoms with van der Waals surface area (Å²) in [4.78, 5) is 20.8. The smallest absolute Gasteiger partial charge is 0.230 e. The van der Waals surface area contributed by atoms with Crippen LogP contribution >= 0.6 is 34.8 Å². The number of aromatic nitrogens is 2. The molecule has 0 aliphatic heterocycles. The third kappa shape index (κ3) is 5.35. The fraction of sp³-hybridized carbons (Fsp3) is 0. The molecule has 3 aromatic carbocycles. The number of carbonyl (C=O) groups is 1. The Morgan fingerprint density at radius 3 is 2.50 bits per heavy atom. The Hall–Kier alpha value is -3.18. The molecule has 1 heterocycles. The predicted molar refractivity (Wildman–Crippen MR) is 131 cm³/mol. The molecule has 0 aliphatic rings. The van der Waals surface area contributed by atoms with Gasteiger partial charge in [-0.05, 0) is 60.2 Å². The molecule has 0 amide bonds. The molecule has 0 bridgehead atoms. The predicted octanol–water partition coefficient (Wildman–Crippen LogP) is 7.68. The minimum Gasteiger partial charge on any atom is -0.438 e. The Kier molecular flexibility index (Phi) is 6.86. The maximum atomic E-state index is 12.3. The van der Waals surface area contributed by atoms with E-state index in [0.29, 0.717) is 32.1 Å². The molecular weight excluding hydrogens is 467 g/mol. The van der Waals surface area contributed by atoms with E-state index in [0.717, 1.165) is 16.6 Å². The van der Waals surface area contributed by atoms with E-state index in [1.54, 1.807) is 54.6 Å². The molecule has 4 rings (SSSR count). The van der Waals surface area contributed by atoms with Crippen molar-refractivity contribution in [3.63, 3.8) is 0 Å². The molecule has 4 nitrogen and oxygen atoms in total. The van der Waals surface area contributed by atoms with Gasteiger partial charge in [-0.3, -0.25) is 4.79 Å². The minimum atomic E-state index is -0.190. The van der Waals surface area contributed by atoms with Crippen molar-refractivity contribution in [3.8, 4) is 11.6 Å². The standard InChI is InChI=1S/C25H15Cl3N2O2/c26-18-8-12-23-20(14-18)25(30-15-29-23)32-24-4-2-1-3-17(24)7-10-19(31)9-5-16-6-11-21(27)22(28)13-16/h1-15H/b9-5+,10-7+. The lowest BCUT2D eigenvalue weighted by Crippen LogP contribution is -1.93. The summed E-state index contributed by atoms with van der Waals surface area (Å²) in [7, 11) is 0. The number of ketones is 1. The molecule has 4 aromatic rings. The third-order valence-electron chi connectivity index (χ3n) is 4.50. The van der Waals surface area contributed by atoms with Crippen molar-refractivity contribution >= 4 is 63.6 Å². The maximum Gasteiger partial charge on any atom is 0.230 e. The van der Waals surface area contributed by atoms with Crippen LogP contribution in [0.1, 0.15) is 11.1 Å². The van der Waals surface area contributed by atoms with Crippen molar-refractivity contribution < 1.29 is 9.53 Å². The van der Waals surface area contributed by atoms with Gasteiger partial charge in [-0.1, -0.05) is 65.1 Å². The van der Waals surface area contributed by atoms with E-state index in [1.165, 1.54) is 18.5 Å². The number of carbonyl (C=O) groups excluding carboxylic acids is 1. The largest absolute Gasteiger partial charge is 0.438 e. The van der Waals surface area contributed by atoms with Crippen LogP contribution in [-0.2, 0) is 4.79 Å². The van der Waals surface area contributed by atoms with E-state index in [-0.39, 0.29) is 5.78 Å². The van der Waals surface area contributed by atoms with E-state index in [2.05, 4.69) is 9.97 Å². The number of hydrogen-bond acceptors (Lipinski definition) is 4. The zero-order chi connectivity index (χ0) is 22.5. The highest BCUT2D eigenvalue weighted by Gasteiger charge is 2.09. The zero-order valence-corrected chi connectivity index (χ0v) is 18.8. The number of halogens is 3. The normalized spacial score (nSPS) is 11.5. The quantitative estimate of drug-likeness (QED) is 0.265. The van der Waals surface area contributed by atoms with E-state index in [4.69, 9.17) is 39.5 Å². The minimum absolute atomic E-state index is 0.190. The highest BCUT2D eigenvalue weighted by atomic mass is 35.5. The number of hydrogen-bond donors (Lipinski definition) is 0. The SMILES string of the molecule is O=C(/C=C/c1ccc(Cl)c(Cl)c1)/C=C/c1ccccc1Oc1ncnc2ccc(Cl)cc12. The van der Waals surface area contributed by atoms with Gasteiger partial charge in [0.05, 0.1) is 20.9 Å². The maximum absolute atomic E-state index is 12.3. The van der Waals surface area contributed by atoms with Crippen LogP contribution in [0, 0.1) is 0 Å². The van der Waals surface area contributed by atoms with Crippen LogP contribution in [0.4, 0.5) is 0 Å². The summed E-state index contributed by atoms with van der Waals surface area (Å²) in [5, 5.41) is 2.15. The number of allylic oxidation sites excluding steroid dienone is 2. The molecule has 0 unspecified atom stereocenters. The van der Waals surface area contributed by atoms with E-state index in [9.17, 15) is 4.79 Å². The van der Waals surface area contributed by atoms with Crippen molar-refractivity contribution in [1.29, 1.82) is 0 Å². The number of fused-ring (bicyclic) bond motifs is 1. The fourth-order valence-electron chi connectivity index (χ4n) is 2.92. The lowest BCUT2D eigenvalue weighted by molar-refractivity contribution is -0.110. The van der Waals surface area contributed by atoms with Crippen LogP contribution in [0.15, 0.2) is 79.1 Å². The molecule has 0 spiro atoms. The molecule has 158 valence electrons. The fourth-order valence-corrected chi connectivity index (χ4v) is 3.40. The van der Waals surface area contributed by atoms with Crippen molar-refractivity contribution in [2.45, 2.75) is 0 Å². The molecule has 32 heavy (non-hydrogen) atoms. The Balaban J connectivity index is 1.54. The van der Waals surface area contributed by atoms with Gasteiger partial charge in [-0.15, -0.1) is 0 Å². The van der Waals surface area contributed by atoms with Gasteiger partial charge in [0.25, 0.3) is 0 Å². The molecule has 0 N–H and O–H groups in total. The molecule has 0 saturated heterocycles. The van der Waals surface area contributed by atoms with Crippen molar-refractivity contribution in [2.75, 3.05) is 0 Å². The molecule has 0 atom stereocenters. The van der Waals surface area contributed by atoms with Crippen LogP contribution < -0.4 is 4.74 Å². The summed E-state index contributed by atoms with van der Waals surface area (Å²) in [6.07, 6.45) is 7.72. The first kappa shape index (κ1) is 22.0. The van der Waals surface area contributed by atoms with Crippen LogP contribution in [0.3, 0.4) is 0 Å². The average Bonchev–Trinajstić information content (AvgIpc) is 2.79. The van der Waals surface area contributed by atoms with E-state index in [1.807, 2.05) is 18.2 Å². The first-order valence-corrected chi connectivity index (χ1v) is 10.7. The monoisotopic (exact) mass is 480 g/mol. The lowest BCUT2D eigenvalue weighted by atomic mass is 10.1. The Labute approximate surface area is 199 Å². The van der Waals surface area contributed by atoms with Crippen molar-refractivity contribution in [3.05, 3.63) is 105 Å². The topological polar surface area (TPSA) is 52.1 Å². The van der Waals surface area contributed by atoms with Crippen LogP contribution in [-0.4, -0.2) is 15.8 Å². The molecule has 0 saturated carbocycles. The summed E-state index contributed by atoms with van der Waals surface area (Å²) in [5.74, 6) is 0.735. The van der Waals surface area contributed by atoms with Gasteiger partial charge >= 0.3 is 0 Å². The lowest BCUT2D eigenvalue weighted by Gasteiger charge is -2.10. The Morgan fingerprint density at radius 1 is 0.844 bits per heavy atom. The van der Waals surface area contributed by atoms with Gasteiger partial charge in [0.1, 0.15) is 12.1 Å². The van der Waals surface area contributed by atoms with Crippen molar-refractivity contribution in [2.24, 2.45) is 0 Å². The second-order valence-electron chi connectivity index (χ2n) is 6.72. The van der Waals surface area contributed by atoms with Gasteiger partial charge in [0.15, 0.2) is 5.78 Å². The van der Waals surface area contributed by atoms with Crippen LogP contribution in [0.25, 0.3) is 23.1 Å². The van der Waals surface area contributed by atoms with Gasteiger partial charge in [0, 0.05) is 10.6 Å². The number of nitrogens with zero attached hydrogens (tertiary/aromatic N) is 2. The highest BCUT2D eigenvalue weighted by molar-refractivity contribution is 6.42. The van der Waals surface area contributed by atoms with Gasteiger partial charge in [-0.25, -0.2) is 9.97 Å². The summed E-state index contributed by atoms with van der Waals surface area (Å²) < 4.78 is 6.05. The molecular formula is C25H15Cl3N2O2. The third-order valence-corrected chi connectivity index (χ3v) is 5.47. The first-order chi connectivity index (χ1) is 15.5. The second-order valence-corrected chi connectivity index (χ2v) is 7.97. The van der Waals surface area contributed by atoms with Gasteiger partial charge < -0.3 is 4.74 Å². The average molecular weight is 482 g/mol.